The van der Waals surface area contributed by atoms with Gasteiger partial charge in [0.25, 0.3) is 0 Å². The highest BCUT2D eigenvalue weighted by Crippen LogP contribution is 2.33. The van der Waals surface area contributed by atoms with Crippen molar-refractivity contribution in [1.29, 1.82) is 0 Å². The molecule has 0 radical (unpaired) electrons. The molecule has 0 saturated heterocycles. The molecule has 1 saturated carbocycles. The normalized spacial score (nSPS) is 23.1. The van der Waals surface area contributed by atoms with E-state index in [1.807, 2.05) is 11.3 Å². The minimum Gasteiger partial charge on any atom is -0.328 e. The van der Waals surface area contributed by atoms with Crippen LogP contribution >= 0.6 is 11.3 Å². The molecule has 0 unspecified atom stereocenters. The van der Waals surface area contributed by atoms with Crippen molar-refractivity contribution < 1.29 is 13.2 Å². The van der Waals surface area contributed by atoms with Crippen LogP contribution in [0.2, 0.25) is 0 Å². The van der Waals surface area contributed by atoms with Crippen molar-refractivity contribution in [1.82, 2.24) is 9.88 Å². The summed E-state index contributed by atoms with van der Waals surface area (Å²) >= 11 is 1.86. The summed E-state index contributed by atoms with van der Waals surface area (Å²) in [6.07, 6.45) is 5.00. The number of hydrogen-bond donors (Lipinski definition) is 1. The van der Waals surface area contributed by atoms with E-state index in [2.05, 4.69) is 16.8 Å². The Labute approximate surface area is 149 Å². The molecule has 0 amide bonds. The second kappa shape index (κ2) is 7.85. The first kappa shape index (κ1) is 18.4. The van der Waals surface area contributed by atoms with Gasteiger partial charge in [-0.25, -0.2) is 18.2 Å². The molecule has 2 N–H and O–H groups in total. The smallest absolute Gasteiger partial charge is 0.161 e. The van der Waals surface area contributed by atoms with Crippen molar-refractivity contribution in [2.75, 3.05) is 0 Å². The SMILES string of the molecule is Cc1nc2c(s1)CN([C@H]1CCC[C@@H](N)C1)C2.Fc1ccc(F)c(F)c1. The van der Waals surface area contributed by atoms with E-state index >= 15 is 0 Å². The number of rotatable bonds is 1. The van der Waals surface area contributed by atoms with E-state index in [4.69, 9.17) is 5.73 Å². The second-order valence-corrected chi connectivity index (χ2v) is 7.93. The molecule has 3 nitrogen and oxygen atoms in total. The van der Waals surface area contributed by atoms with Gasteiger partial charge < -0.3 is 5.73 Å². The Hall–Kier alpha value is -1.44. The number of aromatic nitrogens is 1. The van der Waals surface area contributed by atoms with E-state index in [1.54, 1.807) is 0 Å². The van der Waals surface area contributed by atoms with Gasteiger partial charge in [0.1, 0.15) is 5.82 Å². The van der Waals surface area contributed by atoms with Crippen LogP contribution in [-0.4, -0.2) is 22.0 Å². The van der Waals surface area contributed by atoms with Gasteiger partial charge in [-0.1, -0.05) is 6.42 Å². The Bertz CT molecular complexity index is 711. The lowest BCUT2D eigenvalue weighted by Crippen LogP contribution is -2.40. The Morgan fingerprint density at radius 3 is 2.60 bits per heavy atom. The van der Waals surface area contributed by atoms with Crippen molar-refractivity contribution in [2.24, 2.45) is 5.73 Å². The van der Waals surface area contributed by atoms with Crippen LogP contribution in [0.4, 0.5) is 13.2 Å². The molecule has 2 aromatic rings. The molecule has 2 heterocycles. The number of hydrogen-bond acceptors (Lipinski definition) is 4. The van der Waals surface area contributed by atoms with Gasteiger partial charge in [0.05, 0.1) is 10.7 Å². The molecule has 1 fully saturated rings. The Balaban J connectivity index is 0.000000173. The minimum absolute atomic E-state index is 0.423. The van der Waals surface area contributed by atoms with E-state index < -0.39 is 17.5 Å². The molecule has 7 heteroatoms. The molecule has 25 heavy (non-hydrogen) atoms. The molecule has 1 aliphatic heterocycles. The summed E-state index contributed by atoms with van der Waals surface area (Å²) in [5.41, 5.74) is 7.38. The fourth-order valence-corrected chi connectivity index (χ4v) is 4.42. The number of halogens is 3. The van der Waals surface area contributed by atoms with Crippen molar-refractivity contribution in [2.45, 2.75) is 57.8 Å². The fraction of sp³-hybridized carbons (Fsp3) is 0.500. The molecular weight excluding hydrogens is 347 g/mol. The van der Waals surface area contributed by atoms with Crippen molar-refractivity contribution in [3.8, 4) is 0 Å². The summed E-state index contributed by atoms with van der Waals surface area (Å²) in [7, 11) is 0. The minimum atomic E-state index is -1.16. The molecule has 1 aromatic heterocycles. The van der Waals surface area contributed by atoms with Gasteiger partial charge in [-0.3, -0.25) is 4.90 Å². The Morgan fingerprint density at radius 1 is 1.16 bits per heavy atom. The summed E-state index contributed by atoms with van der Waals surface area (Å²) in [5, 5.41) is 1.21. The van der Waals surface area contributed by atoms with Crippen molar-refractivity contribution in [3.05, 3.63) is 51.2 Å². The lowest BCUT2D eigenvalue weighted by molar-refractivity contribution is 0.147. The average molecular weight is 369 g/mol. The zero-order valence-corrected chi connectivity index (χ0v) is 15.0. The summed E-state index contributed by atoms with van der Waals surface area (Å²) in [6.45, 7) is 4.26. The molecule has 0 spiro atoms. The predicted octanol–water partition coefficient (Wildman–Crippen LogP) is 4.14. The molecule has 1 aliphatic carbocycles. The number of fused-ring (bicyclic) bond motifs is 1. The zero-order valence-electron chi connectivity index (χ0n) is 14.1. The maximum atomic E-state index is 12.0. The first-order valence-electron chi connectivity index (χ1n) is 8.47. The number of benzene rings is 1. The maximum Gasteiger partial charge on any atom is 0.161 e. The monoisotopic (exact) mass is 369 g/mol. The second-order valence-electron chi connectivity index (χ2n) is 6.65. The van der Waals surface area contributed by atoms with Gasteiger partial charge in [-0.2, -0.15) is 0 Å². The Morgan fingerprint density at radius 2 is 1.96 bits per heavy atom. The van der Waals surface area contributed by atoms with E-state index in [0.717, 1.165) is 25.2 Å². The maximum absolute atomic E-state index is 12.0. The number of aryl methyl sites for hydroxylation is 1. The van der Waals surface area contributed by atoms with Crippen LogP contribution in [0.1, 0.15) is 41.3 Å². The van der Waals surface area contributed by atoms with Gasteiger partial charge in [0.2, 0.25) is 0 Å². The first-order valence-corrected chi connectivity index (χ1v) is 9.29. The summed E-state index contributed by atoms with van der Waals surface area (Å²) < 4.78 is 35.9. The summed E-state index contributed by atoms with van der Waals surface area (Å²) in [5.74, 6) is -2.96. The predicted molar refractivity (Wildman–Crippen MR) is 92.6 cm³/mol. The van der Waals surface area contributed by atoms with Crippen LogP contribution in [0.25, 0.3) is 0 Å². The zero-order chi connectivity index (χ0) is 18.0. The molecule has 136 valence electrons. The largest absolute Gasteiger partial charge is 0.328 e. The number of nitrogens with two attached hydrogens (primary N) is 1. The highest BCUT2D eigenvalue weighted by Gasteiger charge is 2.31. The van der Waals surface area contributed by atoms with Gasteiger partial charge in [0, 0.05) is 36.1 Å². The Kier molecular flexibility index (Phi) is 5.76. The average Bonchev–Trinajstić information content (AvgIpc) is 3.09. The third-order valence-electron chi connectivity index (χ3n) is 4.67. The van der Waals surface area contributed by atoms with E-state index in [-0.39, 0.29) is 0 Å². The van der Waals surface area contributed by atoms with Crippen molar-refractivity contribution >= 4 is 11.3 Å². The van der Waals surface area contributed by atoms with E-state index in [1.165, 1.54) is 41.3 Å². The van der Waals surface area contributed by atoms with E-state index in [9.17, 15) is 13.2 Å². The standard InChI is InChI=1S/C12H19N3S.C6H3F3/c1-8-14-11-6-15(7-12(11)16-8)10-4-2-3-9(13)5-10;7-4-1-2-5(8)6(9)3-4/h9-10H,2-7,13H2,1H3;1-3H/t9-,10+;/m1./s1. The lowest BCUT2D eigenvalue weighted by Gasteiger charge is -2.33. The lowest BCUT2D eigenvalue weighted by atomic mass is 9.91. The molecule has 2 aliphatic rings. The third-order valence-corrected chi connectivity index (χ3v) is 5.67. The summed E-state index contributed by atoms with van der Waals surface area (Å²) in [4.78, 5) is 8.66. The molecule has 2 atom stereocenters. The highest BCUT2D eigenvalue weighted by atomic mass is 32.1. The van der Waals surface area contributed by atoms with Crippen LogP contribution in [0.15, 0.2) is 18.2 Å². The molecule has 0 bridgehead atoms. The quantitative estimate of drug-likeness (QED) is 0.768. The molecule has 4 rings (SSSR count). The molecular formula is C18H22F3N3S. The van der Waals surface area contributed by atoms with Gasteiger partial charge >= 0.3 is 0 Å². The van der Waals surface area contributed by atoms with Gasteiger partial charge in [0.15, 0.2) is 11.6 Å². The number of nitrogens with zero attached hydrogens (tertiary/aromatic N) is 2. The van der Waals surface area contributed by atoms with Crippen LogP contribution in [0.3, 0.4) is 0 Å². The first-order chi connectivity index (χ1) is 11.9. The van der Waals surface area contributed by atoms with Crippen LogP contribution < -0.4 is 5.73 Å². The third kappa shape index (κ3) is 4.59. The topological polar surface area (TPSA) is 42.2 Å². The van der Waals surface area contributed by atoms with Crippen LogP contribution in [-0.2, 0) is 13.1 Å². The highest BCUT2D eigenvalue weighted by molar-refractivity contribution is 7.11. The fourth-order valence-electron chi connectivity index (χ4n) is 3.45. The van der Waals surface area contributed by atoms with Crippen molar-refractivity contribution in [3.63, 3.8) is 0 Å². The molecule has 1 aromatic carbocycles. The number of thiazole rings is 1. The van der Waals surface area contributed by atoms with Crippen LogP contribution in [0.5, 0.6) is 0 Å². The van der Waals surface area contributed by atoms with Crippen LogP contribution in [0, 0.1) is 24.4 Å². The van der Waals surface area contributed by atoms with E-state index in [0.29, 0.717) is 18.2 Å². The summed E-state index contributed by atoms with van der Waals surface area (Å²) in [6, 6.07) is 3.22. The van der Waals surface area contributed by atoms with Gasteiger partial charge in [-0.15, -0.1) is 11.3 Å². The van der Waals surface area contributed by atoms with Gasteiger partial charge in [-0.05, 0) is 38.3 Å².